The zero-order valence-corrected chi connectivity index (χ0v) is 12.8. The van der Waals surface area contributed by atoms with E-state index in [1.165, 1.54) is 32.4 Å². The molecule has 3 nitrogen and oxygen atoms in total. The van der Waals surface area contributed by atoms with Crippen molar-refractivity contribution in [2.24, 2.45) is 0 Å². The van der Waals surface area contributed by atoms with E-state index in [1.54, 1.807) is 0 Å². The lowest BCUT2D eigenvalue weighted by Gasteiger charge is -2.45. The first-order valence-corrected chi connectivity index (χ1v) is 7.68. The summed E-state index contributed by atoms with van der Waals surface area (Å²) < 4.78 is 5.64. The zero-order valence-electron chi connectivity index (χ0n) is 12.8. The van der Waals surface area contributed by atoms with Crippen molar-refractivity contribution in [2.75, 3.05) is 32.8 Å². The SMILES string of the molecule is CCCCOCCCN1CC(C)(CC)NCC1C. The summed E-state index contributed by atoms with van der Waals surface area (Å²) in [6, 6.07) is 0.653. The monoisotopic (exact) mass is 256 g/mol. The van der Waals surface area contributed by atoms with Gasteiger partial charge in [-0.05, 0) is 33.1 Å². The van der Waals surface area contributed by atoms with Crippen molar-refractivity contribution >= 4 is 0 Å². The van der Waals surface area contributed by atoms with Crippen LogP contribution in [0.3, 0.4) is 0 Å². The van der Waals surface area contributed by atoms with Gasteiger partial charge in [-0.25, -0.2) is 0 Å². The topological polar surface area (TPSA) is 24.5 Å². The molecule has 0 amide bonds. The van der Waals surface area contributed by atoms with Gasteiger partial charge in [0.1, 0.15) is 0 Å². The van der Waals surface area contributed by atoms with Gasteiger partial charge < -0.3 is 10.1 Å². The van der Waals surface area contributed by atoms with Crippen LogP contribution in [0.5, 0.6) is 0 Å². The molecule has 0 saturated carbocycles. The summed E-state index contributed by atoms with van der Waals surface area (Å²) in [5.74, 6) is 0. The molecular formula is C15H32N2O. The molecule has 0 radical (unpaired) electrons. The molecule has 108 valence electrons. The van der Waals surface area contributed by atoms with Gasteiger partial charge in [-0.15, -0.1) is 0 Å². The highest BCUT2D eigenvalue weighted by atomic mass is 16.5. The van der Waals surface area contributed by atoms with Crippen LogP contribution in [-0.4, -0.2) is 49.3 Å². The summed E-state index contributed by atoms with van der Waals surface area (Å²) in [7, 11) is 0. The highest BCUT2D eigenvalue weighted by Crippen LogP contribution is 2.18. The van der Waals surface area contributed by atoms with Crippen LogP contribution in [0.4, 0.5) is 0 Å². The fourth-order valence-electron chi connectivity index (χ4n) is 2.44. The maximum Gasteiger partial charge on any atom is 0.0478 e. The van der Waals surface area contributed by atoms with E-state index in [0.29, 0.717) is 11.6 Å². The molecule has 3 heteroatoms. The predicted molar refractivity (Wildman–Crippen MR) is 78.1 cm³/mol. The molecule has 0 bridgehead atoms. The molecule has 1 aliphatic rings. The standard InChI is InChI=1S/C15H32N2O/c1-5-7-10-18-11-8-9-17-13-15(4,6-2)16-12-14(17)3/h14,16H,5-13H2,1-4H3. The molecule has 1 fully saturated rings. The van der Waals surface area contributed by atoms with E-state index >= 15 is 0 Å². The van der Waals surface area contributed by atoms with Gasteiger partial charge >= 0.3 is 0 Å². The van der Waals surface area contributed by atoms with Crippen molar-refractivity contribution in [3.05, 3.63) is 0 Å². The molecule has 0 aromatic carbocycles. The molecule has 1 saturated heterocycles. The van der Waals surface area contributed by atoms with Crippen LogP contribution in [0.2, 0.25) is 0 Å². The van der Waals surface area contributed by atoms with Gasteiger partial charge in [0.25, 0.3) is 0 Å². The summed E-state index contributed by atoms with van der Waals surface area (Å²) in [5.41, 5.74) is 0.301. The molecule has 1 aliphatic heterocycles. The molecule has 1 N–H and O–H groups in total. The van der Waals surface area contributed by atoms with Gasteiger partial charge in [-0.2, -0.15) is 0 Å². The second-order valence-corrected chi connectivity index (χ2v) is 5.93. The molecule has 0 aromatic heterocycles. The number of unbranched alkanes of at least 4 members (excludes halogenated alkanes) is 1. The van der Waals surface area contributed by atoms with Crippen molar-refractivity contribution in [2.45, 2.75) is 65.0 Å². The highest BCUT2D eigenvalue weighted by molar-refractivity contribution is 4.92. The molecule has 0 aliphatic carbocycles. The van der Waals surface area contributed by atoms with Crippen LogP contribution in [0.15, 0.2) is 0 Å². The molecular weight excluding hydrogens is 224 g/mol. The minimum Gasteiger partial charge on any atom is -0.381 e. The first kappa shape index (κ1) is 15.9. The second kappa shape index (κ2) is 8.13. The molecule has 1 heterocycles. The number of rotatable bonds is 8. The van der Waals surface area contributed by atoms with Gasteiger partial charge in [-0.1, -0.05) is 20.3 Å². The summed E-state index contributed by atoms with van der Waals surface area (Å²) in [4.78, 5) is 2.61. The highest BCUT2D eigenvalue weighted by Gasteiger charge is 2.31. The van der Waals surface area contributed by atoms with Crippen molar-refractivity contribution in [1.82, 2.24) is 10.2 Å². The molecule has 18 heavy (non-hydrogen) atoms. The van der Waals surface area contributed by atoms with Crippen LogP contribution < -0.4 is 5.32 Å². The smallest absolute Gasteiger partial charge is 0.0478 e. The first-order valence-electron chi connectivity index (χ1n) is 7.68. The maximum atomic E-state index is 5.64. The van der Waals surface area contributed by atoms with Gasteiger partial charge in [0, 0.05) is 44.4 Å². The average Bonchev–Trinajstić information content (AvgIpc) is 2.38. The summed E-state index contributed by atoms with van der Waals surface area (Å²) in [6.07, 6.45) is 4.78. The fraction of sp³-hybridized carbons (Fsp3) is 1.00. The molecule has 2 atom stereocenters. The van der Waals surface area contributed by atoms with E-state index in [9.17, 15) is 0 Å². The minimum absolute atomic E-state index is 0.301. The van der Waals surface area contributed by atoms with Crippen LogP contribution in [-0.2, 0) is 4.74 Å². The Bertz CT molecular complexity index is 223. The average molecular weight is 256 g/mol. The lowest BCUT2D eigenvalue weighted by molar-refractivity contribution is 0.0722. The van der Waals surface area contributed by atoms with Crippen molar-refractivity contribution in [1.29, 1.82) is 0 Å². The second-order valence-electron chi connectivity index (χ2n) is 5.93. The van der Waals surface area contributed by atoms with Crippen LogP contribution in [0.1, 0.15) is 53.4 Å². The van der Waals surface area contributed by atoms with Crippen LogP contribution >= 0.6 is 0 Å². The Kier molecular flexibility index (Phi) is 7.20. The Morgan fingerprint density at radius 3 is 2.67 bits per heavy atom. The first-order chi connectivity index (χ1) is 8.61. The Morgan fingerprint density at radius 2 is 2.00 bits per heavy atom. The summed E-state index contributed by atoms with van der Waals surface area (Å²) in [5, 5.41) is 3.67. The van der Waals surface area contributed by atoms with E-state index in [4.69, 9.17) is 4.74 Å². The number of nitrogens with one attached hydrogen (secondary N) is 1. The molecule has 0 spiro atoms. The third-order valence-corrected chi connectivity index (χ3v) is 4.16. The van der Waals surface area contributed by atoms with Crippen molar-refractivity contribution < 1.29 is 4.74 Å². The summed E-state index contributed by atoms with van der Waals surface area (Å²) >= 11 is 0. The Hall–Kier alpha value is -0.120. The summed E-state index contributed by atoms with van der Waals surface area (Å²) in [6.45, 7) is 14.4. The number of ether oxygens (including phenoxy) is 1. The Morgan fingerprint density at radius 1 is 1.28 bits per heavy atom. The van der Waals surface area contributed by atoms with E-state index in [2.05, 4.69) is 37.9 Å². The third kappa shape index (κ3) is 5.25. The van der Waals surface area contributed by atoms with Gasteiger partial charge in [-0.3, -0.25) is 4.90 Å². The number of nitrogens with zero attached hydrogens (tertiary/aromatic N) is 1. The van der Waals surface area contributed by atoms with Gasteiger partial charge in [0.05, 0.1) is 0 Å². The minimum atomic E-state index is 0.301. The lowest BCUT2D eigenvalue weighted by Crippen LogP contribution is -2.62. The van der Waals surface area contributed by atoms with Crippen molar-refractivity contribution in [3.63, 3.8) is 0 Å². The molecule has 0 aromatic rings. The number of hydrogen-bond donors (Lipinski definition) is 1. The van der Waals surface area contributed by atoms with E-state index in [1.807, 2.05) is 0 Å². The Balaban J connectivity index is 2.19. The number of piperazine rings is 1. The zero-order chi connectivity index (χ0) is 13.4. The fourth-order valence-corrected chi connectivity index (χ4v) is 2.44. The third-order valence-electron chi connectivity index (χ3n) is 4.16. The normalized spacial score (nSPS) is 29.7. The van der Waals surface area contributed by atoms with Crippen LogP contribution in [0.25, 0.3) is 0 Å². The van der Waals surface area contributed by atoms with Gasteiger partial charge in [0.15, 0.2) is 0 Å². The predicted octanol–water partition coefficient (Wildman–Crippen LogP) is 2.66. The maximum absolute atomic E-state index is 5.64. The van der Waals surface area contributed by atoms with Crippen LogP contribution in [0, 0.1) is 0 Å². The quantitative estimate of drug-likeness (QED) is 0.676. The van der Waals surface area contributed by atoms with Gasteiger partial charge in [0.2, 0.25) is 0 Å². The largest absolute Gasteiger partial charge is 0.381 e. The Labute approximate surface area is 113 Å². The molecule has 1 rings (SSSR count). The van der Waals surface area contributed by atoms with Crippen molar-refractivity contribution in [3.8, 4) is 0 Å². The molecule has 2 unspecified atom stereocenters. The van der Waals surface area contributed by atoms with E-state index in [-0.39, 0.29) is 0 Å². The van der Waals surface area contributed by atoms with E-state index in [0.717, 1.165) is 26.2 Å². The lowest BCUT2D eigenvalue weighted by atomic mass is 9.94. The number of hydrogen-bond acceptors (Lipinski definition) is 3. The van der Waals surface area contributed by atoms with E-state index < -0.39 is 0 Å².